The maximum absolute atomic E-state index is 4.43. The van der Waals surface area contributed by atoms with Crippen molar-refractivity contribution in [1.82, 2.24) is 9.97 Å². The summed E-state index contributed by atoms with van der Waals surface area (Å²) in [5.74, 6) is 0.959. The van der Waals surface area contributed by atoms with Crippen molar-refractivity contribution in [2.75, 3.05) is 11.9 Å². The van der Waals surface area contributed by atoms with E-state index in [2.05, 4.69) is 46.5 Å². The quantitative estimate of drug-likeness (QED) is 0.677. The smallest absolute Gasteiger partial charge is 0.126 e. The van der Waals surface area contributed by atoms with Crippen molar-refractivity contribution < 1.29 is 0 Å². The number of para-hydroxylation sites is 1. The number of H-pyrrole nitrogens is 1. The molecule has 0 saturated carbocycles. The van der Waals surface area contributed by atoms with Crippen LogP contribution in [0, 0.1) is 0 Å². The van der Waals surface area contributed by atoms with Crippen LogP contribution in [0.3, 0.4) is 0 Å². The SMILES string of the molecule is CCCCNc1cc2c(cn1)[nH]c1ccccc12. The highest BCUT2D eigenvalue weighted by Gasteiger charge is 2.04. The van der Waals surface area contributed by atoms with E-state index in [9.17, 15) is 0 Å². The first-order valence-corrected chi connectivity index (χ1v) is 6.49. The third kappa shape index (κ3) is 1.92. The van der Waals surface area contributed by atoms with Crippen molar-refractivity contribution >= 4 is 27.6 Å². The molecule has 0 aliphatic carbocycles. The fourth-order valence-corrected chi connectivity index (χ4v) is 2.24. The summed E-state index contributed by atoms with van der Waals surface area (Å²) >= 11 is 0. The van der Waals surface area contributed by atoms with Gasteiger partial charge in [-0.3, -0.25) is 0 Å². The summed E-state index contributed by atoms with van der Waals surface area (Å²) in [6.07, 6.45) is 4.28. The molecule has 2 N–H and O–H groups in total. The monoisotopic (exact) mass is 239 g/mol. The molecule has 3 nitrogen and oxygen atoms in total. The molecule has 0 saturated heterocycles. The number of aromatic amines is 1. The van der Waals surface area contributed by atoms with E-state index in [1.807, 2.05) is 12.3 Å². The average Bonchev–Trinajstić information content (AvgIpc) is 2.77. The Morgan fingerprint density at radius 3 is 2.94 bits per heavy atom. The zero-order valence-corrected chi connectivity index (χ0v) is 10.5. The fourth-order valence-electron chi connectivity index (χ4n) is 2.24. The molecule has 0 aliphatic rings. The van der Waals surface area contributed by atoms with Crippen LogP contribution in [-0.2, 0) is 0 Å². The van der Waals surface area contributed by atoms with Crippen LogP contribution in [0.25, 0.3) is 21.8 Å². The molecule has 0 spiro atoms. The summed E-state index contributed by atoms with van der Waals surface area (Å²) in [6, 6.07) is 10.5. The van der Waals surface area contributed by atoms with Gasteiger partial charge in [-0.25, -0.2) is 4.98 Å². The summed E-state index contributed by atoms with van der Waals surface area (Å²) < 4.78 is 0. The Morgan fingerprint density at radius 2 is 2.06 bits per heavy atom. The van der Waals surface area contributed by atoms with E-state index < -0.39 is 0 Å². The van der Waals surface area contributed by atoms with Crippen LogP contribution in [0.1, 0.15) is 19.8 Å². The lowest BCUT2D eigenvalue weighted by molar-refractivity contribution is 0.831. The van der Waals surface area contributed by atoms with Crippen molar-refractivity contribution in [3.05, 3.63) is 36.5 Å². The number of nitrogens with zero attached hydrogens (tertiary/aromatic N) is 1. The third-order valence-electron chi connectivity index (χ3n) is 3.23. The number of hydrogen-bond acceptors (Lipinski definition) is 2. The second kappa shape index (κ2) is 4.69. The number of unbranched alkanes of at least 4 members (excludes halogenated alkanes) is 1. The predicted octanol–water partition coefficient (Wildman–Crippen LogP) is 3.93. The van der Waals surface area contributed by atoms with Gasteiger partial charge in [0, 0.05) is 22.8 Å². The molecular formula is C15H17N3. The van der Waals surface area contributed by atoms with Crippen LogP contribution >= 0.6 is 0 Å². The van der Waals surface area contributed by atoms with E-state index in [0.717, 1.165) is 17.9 Å². The first kappa shape index (κ1) is 11.1. The zero-order valence-electron chi connectivity index (χ0n) is 10.5. The number of pyridine rings is 1. The van der Waals surface area contributed by atoms with E-state index in [1.54, 1.807) is 0 Å². The number of aromatic nitrogens is 2. The Labute approximate surface area is 106 Å². The Kier molecular flexibility index (Phi) is 2.89. The lowest BCUT2D eigenvalue weighted by Crippen LogP contribution is -2.02. The minimum atomic E-state index is 0.959. The van der Waals surface area contributed by atoms with E-state index >= 15 is 0 Å². The summed E-state index contributed by atoms with van der Waals surface area (Å²) in [5, 5.41) is 5.86. The zero-order chi connectivity index (χ0) is 12.4. The lowest BCUT2D eigenvalue weighted by atomic mass is 10.2. The topological polar surface area (TPSA) is 40.7 Å². The molecular weight excluding hydrogens is 222 g/mol. The maximum Gasteiger partial charge on any atom is 0.126 e. The number of rotatable bonds is 4. The molecule has 0 unspecified atom stereocenters. The first-order chi connectivity index (χ1) is 8.88. The van der Waals surface area contributed by atoms with Gasteiger partial charge in [-0.15, -0.1) is 0 Å². The number of anilines is 1. The molecule has 92 valence electrons. The maximum atomic E-state index is 4.43. The van der Waals surface area contributed by atoms with Gasteiger partial charge in [0.25, 0.3) is 0 Å². The van der Waals surface area contributed by atoms with Crippen LogP contribution in [0.15, 0.2) is 36.5 Å². The van der Waals surface area contributed by atoms with Crippen LogP contribution in [-0.4, -0.2) is 16.5 Å². The Hall–Kier alpha value is -2.03. The minimum absolute atomic E-state index is 0.959. The molecule has 2 heterocycles. The molecule has 0 amide bonds. The van der Waals surface area contributed by atoms with E-state index in [0.29, 0.717) is 0 Å². The Balaban J connectivity index is 2.02. The van der Waals surface area contributed by atoms with Gasteiger partial charge < -0.3 is 10.3 Å². The highest BCUT2D eigenvalue weighted by molar-refractivity contribution is 6.07. The van der Waals surface area contributed by atoms with Crippen molar-refractivity contribution in [2.24, 2.45) is 0 Å². The van der Waals surface area contributed by atoms with Crippen LogP contribution < -0.4 is 5.32 Å². The van der Waals surface area contributed by atoms with Gasteiger partial charge in [-0.05, 0) is 18.6 Å². The summed E-state index contributed by atoms with van der Waals surface area (Å²) in [5.41, 5.74) is 2.26. The van der Waals surface area contributed by atoms with Gasteiger partial charge in [-0.1, -0.05) is 31.5 Å². The van der Waals surface area contributed by atoms with Crippen molar-refractivity contribution in [3.63, 3.8) is 0 Å². The first-order valence-electron chi connectivity index (χ1n) is 6.49. The second-order valence-electron chi connectivity index (χ2n) is 4.57. The lowest BCUT2D eigenvalue weighted by Gasteiger charge is -2.04. The summed E-state index contributed by atoms with van der Waals surface area (Å²) in [6.45, 7) is 3.18. The number of benzene rings is 1. The largest absolute Gasteiger partial charge is 0.370 e. The Bertz CT molecular complexity index is 670. The molecule has 0 atom stereocenters. The van der Waals surface area contributed by atoms with Crippen molar-refractivity contribution in [1.29, 1.82) is 0 Å². The molecule has 3 rings (SSSR count). The molecule has 0 bridgehead atoms. The number of fused-ring (bicyclic) bond motifs is 3. The predicted molar refractivity (Wildman–Crippen MR) is 77.0 cm³/mol. The average molecular weight is 239 g/mol. The molecule has 0 radical (unpaired) electrons. The van der Waals surface area contributed by atoms with Gasteiger partial charge >= 0.3 is 0 Å². The van der Waals surface area contributed by atoms with Crippen molar-refractivity contribution in [3.8, 4) is 0 Å². The van der Waals surface area contributed by atoms with Crippen LogP contribution in [0.5, 0.6) is 0 Å². The normalized spacial score (nSPS) is 11.2. The molecule has 2 aromatic heterocycles. The highest BCUT2D eigenvalue weighted by Crippen LogP contribution is 2.26. The standard InChI is InChI=1S/C15H17N3/c1-2-3-8-16-15-9-12-11-6-4-5-7-13(11)18-14(12)10-17-15/h4-7,9-10,18H,2-3,8H2,1H3,(H,16,17). The molecule has 0 fully saturated rings. The number of hydrogen-bond donors (Lipinski definition) is 2. The summed E-state index contributed by atoms with van der Waals surface area (Å²) in [7, 11) is 0. The molecule has 3 aromatic rings. The summed E-state index contributed by atoms with van der Waals surface area (Å²) in [4.78, 5) is 7.81. The highest BCUT2D eigenvalue weighted by atomic mass is 15.0. The van der Waals surface area contributed by atoms with E-state index in [-0.39, 0.29) is 0 Å². The molecule has 1 aromatic carbocycles. The van der Waals surface area contributed by atoms with Gasteiger partial charge in [0.2, 0.25) is 0 Å². The Morgan fingerprint density at radius 1 is 1.17 bits per heavy atom. The fraction of sp³-hybridized carbons (Fsp3) is 0.267. The molecule has 0 aliphatic heterocycles. The number of nitrogens with one attached hydrogen (secondary N) is 2. The van der Waals surface area contributed by atoms with E-state index in [1.165, 1.54) is 29.1 Å². The van der Waals surface area contributed by atoms with Crippen molar-refractivity contribution in [2.45, 2.75) is 19.8 Å². The third-order valence-corrected chi connectivity index (χ3v) is 3.23. The van der Waals surface area contributed by atoms with Crippen LogP contribution in [0.2, 0.25) is 0 Å². The van der Waals surface area contributed by atoms with Gasteiger partial charge in [0.1, 0.15) is 5.82 Å². The van der Waals surface area contributed by atoms with Gasteiger partial charge in [0.15, 0.2) is 0 Å². The minimum Gasteiger partial charge on any atom is -0.370 e. The van der Waals surface area contributed by atoms with Gasteiger partial charge in [0.05, 0.1) is 11.7 Å². The van der Waals surface area contributed by atoms with Gasteiger partial charge in [-0.2, -0.15) is 0 Å². The second-order valence-corrected chi connectivity index (χ2v) is 4.57. The molecule has 3 heteroatoms. The van der Waals surface area contributed by atoms with Crippen LogP contribution in [0.4, 0.5) is 5.82 Å². The van der Waals surface area contributed by atoms with E-state index in [4.69, 9.17) is 0 Å². The molecule has 18 heavy (non-hydrogen) atoms.